The minimum absolute atomic E-state index is 0.150. The zero-order valence-corrected chi connectivity index (χ0v) is 20.5. The molecule has 2 aromatic rings. The Bertz CT molecular complexity index is 1020. The summed E-state index contributed by atoms with van der Waals surface area (Å²) in [7, 11) is 0. The Kier molecular flexibility index (Phi) is 7.82. The van der Waals surface area contributed by atoms with Gasteiger partial charge >= 0.3 is 0 Å². The fraction of sp³-hybridized carbons (Fsp3) is 0.304. The van der Waals surface area contributed by atoms with Crippen LogP contribution in [0.3, 0.4) is 0 Å². The van der Waals surface area contributed by atoms with Gasteiger partial charge in [0.25, 0.3) is 5.91 Å². The Labute approximate surface area is 195 Å². The fourth-order valence-electron chi connectivity index (χ4n) is 2.95. The molecule has 1 aliphatic heterocycles. The number of rotatable bonds is 7. The van der Waals surface area contributed by atoms with Gasteiger partial charge in [-0.25, -0.2) is 4.99 Å². The summed E-state index contributed by atoms with van der Waals surface area (Å²) in [5.41, 5.74) is 4.01. The molecule has 5 nitrogen and oxygen atoms in total. The smallest absolute Gasteiger partial charge is 0.264 e. The van der Waals surface area contributed by atoms with E-state index < -0.39 is 0 Å². The molecule has 1 heterocycles. The standard InChI is InChI=1S/C23H25IN2O3S/c1-5-9-29-21-17(24)11-16(12-19(21)28-6-2)13-20-22(27)26-23(30-20)25-18-8-7-14(3)10-15(18)4/h7-8,10-13H,5-6,9H2,1-4H3,(H,25,26,27)/b20-13+. The number of carbonyl (C=O) groups is 1. The zero-order chi connectivity index (χ0) is 21.7. The predicted molar refractivity (Wildman–Crippen MR) is 133 cm³/mol. The highest BCUT2D eigenvalue weighted by molar-refractivity contribution is 14.1. The number of carbonyl (C=O) groups excluding carboxylic acids is 1. The first-order valence-electron chi connectivity index (χ1n) is 9.87. The van der Waals surface area contributed by atoms with Crippen LogP contribution in [0.4, 0.5) is 5.69 Å². The van der Waals surface area contributed by atoms with Crippen molar-refractivity contribution in [3.8, 4) is 11.5 Å². The number of amidine groups is 1. The molecule has 0 spiro atoms. The molecule has 1 saturated heterocycles. The Morgan fingerprint density at radius 1 is 1.17 bits per heavy atom. The maximum Gasteiger partial charge on any atom is 0.264 e. The lowest BCUT2D eigenvalue weighted by Crippen LogP contribution is -2.19. The molecule has 1 amide bonds. The lowest BCUT2D eigenvalue weighted by molar-refractivity contribution is -0.115. The molecule has 0 aromatic heterocycles. The summed E-state index contributed by atoms with van der Waals surface area (Å²) in [6.45, 7) is 9.25. The molecular weight excluding hydrogens is 511 g/mol. The van der Waals surface area contributed by atoms with Crippen molar-refractivity contribution in [1.29, 1.82) is 0 Å². The lowest BCUT2D eigenvalue weighted by Gasteiger charge is -2.14. The Morgan fingerprint density at radius 2 is 1.97 bits per heavy atom. The molecule has 2 aromatic carbocycles. The van der Waals surface area contributed by atoms with Crippen LogP contribution < -0.4 is 14.8 Å². The summed E-state index contributed by atoms with van der Waals surface area (Å²) in [6, 6.07) is 9.98. The molecular formula is C23H25IN2O3S. The zero-order valence-electron chi connectivity index (χ0n) is 17.5. The number of aryl methyl sites for hydroxylation is 2. The Hall–Kier alpha value is -2.00. The van der Waals surface area contributed by atoms with Crippen LogP contribution in [0.5, 0.6) is 11.5 Å². The third-order valence-electron chi connectivity index (χ3n) is 4.31. The molecule has 1 fully saturated rings. The summed E-state index contributed by atoms with van der Waals surface area (Å²) in [5, 5.41) is 3.44. The van der Waals surface area contributed by atoms with Crippen molar-refractivity contribution in [3.05, 3.63) is 55.5 Å². The SMILES string of the molecule is CCCOc1c(I)cc(/C=C2/SC(=Nc3ccc(C)cc3C)NC2=O)cc1OCC. The van der Waals surface area contributed by atoms with Crippen molar-refractivity contribution in [2.45, 2.75) is 34.1 Å². The van der Waals surface area contributed by atoms with E-state index >= 15 is 0 Å². The van der Waals surface area contributed by atoms with Crippen LogP contribution in [0.15, 0.2) is 40.2 Å². The normalized spacial score (nSPS) is 16.2. The van der Waals surface area contributed by atoms with Crippen LogP contribution in [0, 0.1) is 17.4 Å². The molecule has 3 rings (SSSR count). The highest BCUT2D eigenvalue weighted by Crippen LogP contribution is 2.36. The van der Waals surface area contributed by atoms with Gasteiger partial charge in [-0.05, 0) is 96.9 Å². The predicted octanol–water partition coefficient (Wildman–Crippen LogP) is 5.99. The van der Waals surface area contributed by atoms with Gasteiger partial charge in [0.05, 0.1) is 27.4 Å². The van der Waals surface area contributed by atoms with E-state index in [4.69, 9.17) is 9.47 Å². The van der Waals surface area contributed by atoms with E-state index in [1.54, 1.807) is 0 Å². The molecule has 0 saturated carbocycles. The first kappa shape index (κ1) is 22.7. The molecule has 0 bridgehead atoms. The average Bonchev–Trinajstić information content (AvgIpc) is 3.02. The van der Waals surface area contributed by atoms with E-state index in [0.717, 1.165) is 32.6 Å². The van der Waals surface area contributed by atoms with Crippen LogP contribution in [0.25, 0.3) is 6.08 Å². The molecule has 1 aliphatic rings. The number of benzene rings is 2. The van der Waals surface area contributed by atoms with Gasteiger partial charge in [0.15, 0.2) is 16.7 Å². The van der Waals surface area contributed by atoms with Crippen molar-refractivity contribution in [1.82, 2.24) is 5.32 Å². The van der Waals surface area contributed by atoms with Crippen LogP contribution in [0.2, 0.25) is 0 Å². The third-order valence-corrected chi connectivity index (χ3v) is 6.02. The van der Waals surface area contributed by atoms with Gasteiger partial charge in [0.2, 0.25) is 0 Å². The number of nitrogens with zero attached hydrogens (tertiary/aromatic N) is 1. The van der Waals surface area contributed by atoms with E-state index in [0.29, 0.717) is 29.0 Å². The number of ether oxygens (including phenoxy) is 2. The van der Waals surface area contributed by atoms with Gasteiger partial charge in [-0.2, -0.15) is 0 Å². The van der Waals surface area contributed by atoms with Gasteiger partial charge in [-0.15, -0.1) is 0 Å². The van der Waals surface area contributed by atoms with Gasteiger partial charge < -0.3 is 14.8 Å². The number of nitrogens with one attached hydrogen (secondary N) is 1. The second-order valence-electron chi connectivity index (χ2n) is 6.88. The Morgan fingerprint density at radius 3 is 2.67 bits per heavy atom. The van der Waals surface area contributed by atoms with Crippen molar-refractivity contribution in [2.75, 3.05) is 13.2 Å². The quantitative estimate of drug-likeness (QED) is 0.349. The molecule has 0 atom stereocenters. The van der Waals surface area contributed by atoms with E-state index in [1.807, 2.05) is 51.1 Å². The largest absolute Gasteiger partial charge is 0.490 e. The monoisotopic (exact) mass is 536 g/mol. The molecule has 0 unspecified atom stereocenters. The number of amides is 1. The topological polar surface area (TPSA) is 59.9 Å². The van der Waals surface area contributed by atoms with E-state index in [-0.39, 0.29) is 5.91 Å². The number of thioether (sulfide) groups is 1. The Balaban J connectivity index is 1.87. The molecule has 7 heteroatoms. The van der Waals surface area contributed by atoms with E-state index in [1.165, 1.54) is 17.3 Å². The highest BCUT2D eigenvalue weighted by atomic mass is 127. The van der Waals surface area contributed by atoms with Gasteiger partial charge in [-0.1, -0.05) is 24.6 Å². The summed E-state index contributed by atoms with van der Waals surface area (Å²) in [4.78, 5) is 17.7. The van der Waals surface area contributed by atoms with Gasteiger partial charge in [0, 0.05) is 0 Å². The van der Waals surface area contributed by atoms with E-state index in [2.05, 4.69) is 45.9 Å². The number of hydrogen-bond acceptors (Lipinski definition) is 5. The van der Waals surface area contributed by atoms with Gasteiger partial charge in [0.1, 0.15) is 0 Å². The molecule has 1 N–H and O–H groups in total. The lowest BCUT2D eigenvalue weighted by atomic mass is 10.1. The molecule has 0 radical (unpaired) electrons. The highest BCUT2D eigenvalue weighted by Gasteiger charge is 2.24. The first-order chi connectivity index (χ1) is 14.4. The fourth-order valence-corrected chi connectivity index (χ4v) is 4.57. The van der Waals surface area contributed by atoms with Crippen LogP contribution in [-0.2, 0) is 4.79 Å². The minimum Gasteiger partial charge on any atom is -0.490 e. The van der Waals surface area contributed by atoms with Crippen LogP contribution >= 0.6 is 34.4 Å². The molecule has 30 heavy (non-hydrogen) atoms. The van der Waals surface area contributed by atoms with Crippen LogP contribution in [0.1, 0.15) is 37.0 Å². The number of aliphatic imine (C=N–C) groups is 1. The number of halogens is 1. The van der Waals surface area contributed by atoms with E-state index in [9.17, 15) is 4.79 Å². The van der Waals surface area contributed by atoms with Crippen molar-refractivity contribution >= 4 is 57.2 Å². The van der Waals surface area contributed by atoms with Crippen molar-refractivity contribution in [3.63, 3.8) is 0 Å². The minimum atomic E-state index is -0.150. The third kappa shape index (κ3) is 5.57. The second kappa shape index (κ2) is 10.3. The summed E-state index contributed by atoms with van der Waals surface area (Å²) in [5.74, 6) is 1.29. The van der Waals surface area contributed by atoms with Crippen molar-refractivity contribution < 1.29 is 14.3 Å². The maximum atomic E-state index is 12.5. The molecule has 0 aliphatic carbocycles. The number of hydrogen-bond donors (Lipinski definition) is 1. The summed E-state index contributed by atoms with van der Waals surface area (Å²) < 4.78 is 12.6. The second-order valence-corrected chi connectivity index (χ2v) is 9.08. The summed E-state index contributed by atoms with van der Waals surface area (Å²) >= 11 is 3.58. The van der Waals surface area contributed by atoms with Gasteiger partial charge in [-0.3, -0.25) is 4.79 Å². The van der Waals surface area contributed by atoms with Crippen molar-refractivity contribution in [2.24, 2.45) is 4.99 Å². The first-order valence-corrected chi connectivity index (χ1v) is 11.8. The maximum absolute atomic E-state index is 12.5. The molecule has 158 valence electrons. The van der Waals surface area contributed by atoms with Crippen LogP contribution in [-0.4, -0.2) is 24.3 Å². The summed E-state index contributed by atoms with van der Waals surface area (Å²) in [6.07, 6.45) is 2.78. The average molecular weight is 536 g/mol.